The van der Waals surface area contributed by atoms with Gasteiger partial charge in [0, 0.05) is 23.7 Å². The molecular weight excluding hydrogens is 506 g/mol. The van der Waals surface area contributed by atoms with Gasteiger partial charge in [-0.25, -0.2) is 8.42 Å². The fourth-order valence-electron chi connectivity index (χ4n) is 3.47. The highest BCUT2D eigenvalue weighted by atomic mass is 35.5. The number of sulfonamides is 1. The van der Waals surface area contributed by atoms with Gasteiger partial charge >= 0.3 is 0 Å². The van der Waals surface area contributed by atoms with Gasteiger partial charge in [0.2, 0.25) is 21.8 Å². The van der Waals surface area contributed by atoms with E-state index in [0.717, 1.165) is 17.0 Å². The number of anilines is 1. The second-order valence-electron chi connectivity index (χ2n) is 8.45. The Morgan fingerprint density at radius 2 is 1.78 bits per heavy atom. The predicted molar refractivity (Wildman–Crippen MR) is 141 cm³/mol. The van der Waals surface area contributed by atoms with Crippen molar-refractivity contribution in [2.45, 2.75) is 45.8 Å². The number of rotatable bonds is 12. The number of amides is 2. The Morgan fingerprint density at radius 1 is 1.08 bits per heavy atom. The first-order chi connectivity index (χ1) is 16.9. The first-order valence-corrected chi connectivity index (χ1v) is 13.7. The molecule has 11 heteroatoms. The summed E-state index contributed by atoms with van der Waals surface area (Å²) in [5.74, 6) is -0.274. The molecule has 36 heavy (non-hydrogen) atoms. The van der Waals surface area contributed by atoms with Crippen molar-refractivity contribution in [3.05, 3.63) is 53.1 Å². The fraction of sp³-hybridized carbons (Fsp3) is 0.440. The Morgan fingerprint density at radius 3 is 2.33 bits per heavy atom. The maximum absolute atomic E-state index is 13.7. The molecule has 0 saturated heterocycles. The van der Waals surface area contributed by atoms with Gasteiger partial charge < -0.3 is 19.7 Å². The lowest BCUT2D eigenvalue weighted by molar-refractivity contribution is -0.139. The summed E-state index contributed by atoms with van der Waals surface area (Å²) in [5, 5.41) is 3.37. The smallest absolute Gasteiger partial charge is 0.244 e. The number of halogens is 1. The lowest BCUT2D eigenvalue weighted by Gasteiger charge is -2.32. The third-order valence-corrected chi connectivity index (χ3v) is 7.11. The zero-order valence-electron chi connectivity index (χ0n) is 21.4. The number of nitrogens with one attached hydrogen (secondary N) is 1. The van der Waals surface area contributed by atoms with Gasteiger partial charge in [0.25, 0.3) is 0 Å². The molecule has 2 rings (SSSR count). The first-order valence-electron chi connectivity index (χ1n) is 11.4. The van der Waals surface area contributed by atoms with Crippen LogP contribution in [0, 0.1) is 0 Å². The van der Waals surface area contributed by atoms with Gasteiger partial charge in [0.1, 0.15) is 24.1 Å². The number of nitrogens with zero attached hydrogens (tertiary/aromatic N) is 2. The van der Waals surface area contributed by atoms with Crippen molar-refractivity contribution in [2.24, 2.45) is 0 Å². The van der Waals surface area contributed by atoms with Crippen LogP contribution in [-0.4, -0.2) is 64.2 Å². The van der Waals surface area contributed by atoms with Crippen LogP contribution in [0.5, 0.6) is 11.5 Å². The molecule has 0 saturated carbocycles. The molecule has 2 aromatic rings. The van der Waals surface area contributed by atoms with Crippen molar-refractivity contribution in [3.8, 4) is 11.5 Å². The molecule has 0 spiro atoms. The lowest BCUT2D eigenvalue weighted by Crippen LogP contribution is -2.52. The monoisotopic (exact) mass is 539 g/mol. The van der Waals surface area contributed by atoms with E-state index in [9.17, 15) is 18.0 Å². The third kappa shape index (κ3) is 7.76. The number of hydrogen-bond donors (Lipinski definition) is 1. The van der Waals surface area contributed by atoms with E-state index in [-0.39, 0.29) is 29.9 Å². The van der Waals surface area contributed by atoms with E-state index >= 15 is 0 Å². The summed E-state index contributed by atoms with van der Waals surface area (Å²) >= 11 is 6.13. The topological polar surface area (TPSA) is 105 Å². The van der Waals surface area contributed by atoms with Crippen molar-refractivity contribution in [2.75, 3.05) is 31.3 Å². The minimum Gasteiger partial charge on any atom is -0.497 e. The van der Waals surface area contributed by atoms with Crippen LogP contribution in [-0.2, 0) is 26.2 Å². The number of carbonyl (C=O) groups is 2. The molecule has 0 fully saturated rings. The van der Waals surface area contributed by atoms with Gasteiger partial charge in [-0.2, -0.15) is 0 Å². The van der Waals surface area contributed by atoms with Gasteiger partial charge in [0.15, 0.2) is 0 Å². The van der Waals surface area contributed by atoms with Crippen LogP contribution < -0.4 is 19.1 Å². The highest BCUT2D eigenvalue weighted by Crippen LogP contribution is 2.34. The summed E-state index contributed by atoms with van der Waals surface area (Å²) in [4.78, 5) is 27.9. The quantitative estimate of drug-likeness (QED) is 0.443. The van der Waals surface area contributed by atoms with Crippen LogP contribution in [0.25, 0.3) is 0 Å². The minimum absolute atomic E-state index is 0.0569. The molecular formula is C25H34ClN3O6S. The van der Waals surface area contributed by atoms with Crippen molar-refractivity contribution in [1.29, 1.82) is 0 Å². The van der Waals surface area contributed by atoms with E-state index in [1.54, 1.807) is 43.3 Å². The van der Waals surface area contributed by atoms with Crippen LogP contribution >= 0.6 is 11.6 Å². The molecule has 0 aliphatic heterocycles. The maximum Gasteiger partial charge on any atom is 0.244 e. The van der Waals surface area contributed by atoms with Crippen LogP contribution in [0.1, 0.15) is 32.8 Å². The minimum atomic E-state index is -3.92. The number of methoxy groups -OCH3 is 2. The van der Waals surface area contributed by atoms with E-state index in [1.807, 2.05) is 13.8 Å². The van der Waals surface area contributed by atoms with Gasteiger partial charge in [-0.05, 0) is 50.1 Å². The summed E-state index contributed by atoms with van der Waals surface area (Å²) in [6.45, 7) is 4.92. The lowest BCUT2D eigenvalue weighted by atomic mass is 10.1. The van der Waals surface area contributed by atoms with E-state index < -0.39 is 28.5 Å². The molecule has 0 aliphatic rings. The number of benzene rings is 2. The molecule has 2 amide bonds. The molecule has 0 aromatic heterocycles. The zero-order chi connectivity index (χ0) is 27.0. The average Bonchev–Trinajstić information content (AvgIpc) is 2.84. The standard InChI is InChI=1S/C25H34ClN3O6S/c1-7-17(2)27-25(31)18(3)28(15-19-9-8-10-20(26)13-19)24(30)16-29(36(6,32)33)22-14-21(34-4)11-12-23(22)35-5/h8-14,17-18H,7,15-16H2,1-6H3,(H,27,31)/t17-,18+/m1/s1. The second-order valence-corrected chi connectivity index (χ2v) is 10.8. The fourth-order valence-corrected chi connectivity index (χ4v) is 4.52. The summed E-state index contributed by atoms with van der Waals surface area (Å²) in [6, 6.07) is 10.6. The Balaban J connectivity index is 2.48. The van der Waals surface area contributed by atoms with Crippen molar-refractivity contribution in [3.63, 3.8) is 0 Å². The molecule has 2 atom stereocenters. The number of hydrogen-bond acceptors (Lipinski definition) is 6. The number of ether oxygens (including phenoxy) is 2. The normalized spacial score (nSPS) is 12.9. The molecule has 0 heterocycles. The van der Waals surface area contributed by atoms with Gasteiger partial charge in [-0.15, -0.1) is 0 Å². The Kier molecular flexibility index (Phi) is 10.4. The summed E-state index contributed by atoms with van der Waals surface area (Å²) in [6.07, 6.45) is 1.72. The maximum atomic E-state index is 13.7. The van der Waals surface area contributed by atoms with Gasteiger partial charge in [-0.3, -0.25) is 13.9 Å². The van der Waals surface area contributed by atoms with E-state index in [0.29, 0.717) is 16.3 Å². The highest BCUT2D eigenvalue weighted by molar-refractivity contribution is 7.92. The third-order valence-electron chi connectivity index (χ3n) is 5.74. The molecule has 0 bridgehead atoms. The first kappa shape index (κ1) is 29.3. The van der Waals surface area contributed by atoms with Crippen LogP contribution in [0.4, 0.5) is 5.69 Å². The Bertz CT molecular complexity index is 1170. The largest absolute Gasteiger partial charge is 0.497 e. The average molecular weight is 540 g/mol. The van der Waals surface area contributed by atoms with Crippen molar-refractivity contribution >= 4 is 39.1 Å². The molecule has 1 N–H and O–H groups in total. The van der Waals surface area contributed by atoms with E-state index in [2.05, 4.69) is 5.32 Å². The summed E-state index contributed by atoms with van der Waals surface area (Å²) in [5.41, 5.74) is 0.844. The Hall–Kier alpha value is -2.98. The van der Waals surface area contributed by atoms with Gasteiger partial charge in [0.05, 0.1) is 26.2 Å². The van der Waals surface area contributed by atoms with Crippen LogP contribution in [0.2, 0.25) is 5.02 Å². The molecule has 0 aliphatic carbocycles. The van der Waals surface area contributed by atoms with Crippen molar-refractivity contribution < 1.29 is 27.5 Å². The molecule has 198 valence electrons. The molecule has 0 unspecified atom stereocenters. The van der Waals surface area contributed by atoms with E-state index in [1.165, 1.54) is 25.2 Å². The van der Waals surface area contributed by atoms with Crippen LogP contribution in [0.15, 0.2) is 42.5 Å². The van der Waals surface area contributed by atoms with Gasteiger partial charge in [-0.1, -0.05) is 30.7 Å². The molecule has 9 nitrogen and oxygen atoms in total. The van der Waals surface area contributed by atoms with Crippen molar-refractivity contribution in [1.82, 2.24) is 10.2 Å². The highest BCUT2D eigenvalue weighted by Gasteiger charge is 2.31. The summed E-state index contributed by atoms with van der Waals surface area (Å²) in [7, 11) is -1.07. The second kappa shape index (κ2) is 12.8. The summed E-state index contributed by atoms with van der Waals surface area (Å²) < 4.78 is 37.2. The predicted octanol–water partition coefficient (Wildman–Crippen LogP) is 3.46. The SMILES string of the molecule is CC[C@@H](C)NC(=O)[C@H](C)N(Cc1cccc(Cl)c1)C(=O)CN(c1cc(OC)ccc1OC)S(C)(=O)=O. The van der Waals surface area contributed by atoms with E-state index in [4.69, 9.17) is 21.1 Å². The van der Waals surface area contributed by atoms with Crippen LogP contribution in [0.3, 0.4) is 0 Å². The number of carbonyl (C=O) groups excluding carboxylic acids is 2. The Labute approximate surface area is 218 Å². The molecule has 0 radical (unpaired) electrons. The molecule has 2 aromatic carbocycles. The zero-order valence-corrected chi connectivity index (χ0v) is 23.0.